The molecule has 5 heteroatoms. The first-order valence-corrected chi connectivity index (χ1v) is 6.14. The van der Waals surface area contributed by atoms with E-state index in [-0.39, 0.29) is 5.91 Å². The largest absolute Gasteiger partial charge is 0.324 e. The fourth-order valence-corrected chi connectivity index (χ4v) is 2.15. The van der Waals surface area contributed by atoms with Gasteiger partial charge in [0.25, 0.3) is 0 Å². The van der Waals surface area contributed by atoms with Crippen molar-refractivity contribution in [1.29, 1.82) is 0 Å². The van der Waals surface area contributed by atoms with Crippen LogP contribution in [-0.2, 0) is 4.79 Å². The molecular formula is C10H12Br2N2O. The van der Waals surface area contributed by atoms with Gasteiger partial charge in [-0.25, -0.2) is 0 Å². The minimum absolute atomic E-state index is 0.166. The Labute approximate surface area is 106 Å². The summed E-state index contributed by atoms with van der Waals surface area (Å²) in [6, 6.07) is 5.08. The molecule has 0 bridgehead atoms. The molecule has 1 rings (SSSR count). The van der Waals surface area contributed by atoms with E-state index in [1.165, 1.54) is 0 Å². The quantitative estimate of drug-likeness (QED) is 0.892. The molecule has 15 heavy (non-hydrogen) atoms. The average molecular weight is 336 g/mol. The standard InChI is InChI=1S/C10H12Br2N2O/c1-2-8(13)10(15)14-9-4-3-6(11)5-7(9)12/h3-5,8H,2,13H2,1H3,(H,14,15)/t8-/m0/s1. The fourth-order valence-electron chi connectivity index (χ4n) is 1.00. The van der Waals surface area contributed by atoms with Crippen LogP contribution in [0.3, 0.4) is 0 Å². The zero-order chi connectivity index (χ0) is 11.4. The maximum absolute atomic E-state index is 11.5. The van der Waals surface area contributed by atoms with Crippen LogP contribution < -0.4 is 11.1 Å². The van der Waals surface area contributed by atoms with E-state index in [4.69, 9.17) is 5.73 Å². The second-order valence-electron chi connectivity index (χ2n) is 3.13. The molecule has 0 heterocycles. The number of nitrogens with one attached hydrogen (secondary N) is 1. The van der Waals surface area contributed by atoms with Gasteiger partial charge in [0.05, 0.1) is 11.7 Å². The first-order valence-electron chi connectivity index (χ1n) is 4.56. The average Bonchev–Trinajstić information content (AvgIpc) is 2.20. The van der Waals surface area contributed by atoms with Gasteiger partial charge in [0, 0.05) is 8.95 Å². The number of hydrogen-bond acceptors (Lipinski definition) is 2. The zero-order valence-electron chi connectivity index (χ0n) is 8.26. The van der Waals surface area contributed by atoms with Crippen LogP contribution in [0.4, 0.5) is 5.69 Å². The van der Waals surface area contributed by atoms with E-state index in [0.29, 0.717) is 6.42 Å². The number of amides is 1. The Morgan fingerprint density at radius 3 is 2.73 bits per heavy atom. The molecule has 0 fully saturated rings. The van der Waals surface area contributed by atoms with Crippen LogP contribution in [0.15, 0.2) is 27.1 Å². The summed E-state index contributed by atoms with van der Waals surface area (Å²) in [6.07, 6.45) is 0.625. The van der Waals surface area contributed by atoms with Crippen LogP contribution in [-0.4, -0.2) is 11.9 Å². The van der Waals surface area contributed by atoms with E-state index >= 15 is 0 Å². The lowest BCUT2D eigenvalue weighted by Crippen LogP contribution is -2.34. The van der Waals surface area contributed by atoms with E-state index in [0.717, 1.165) is 14.6 Å². The Balaban J connectivity index is 2.77. The summed E-state index contributed by atoms with van der Waals surface area (Å²) in [5.74, 6) is -0.166. The summed E-state index contributed by atoms with van der Waals surface area (Å²) in [4.78, 5) is 11.5. The van der Waals surface area contributed by atoms with Gasteiger partial charge in [-0.05, 0) is 40.5 Å². The van der Waals surface area contributed by atoms with Gasteiger partial charge in [0.2, 0.25) is 5.91 Å². The van der Waals surface area contributed by atoms with Crippen molar-refractivity contribution < 1.29 is 4.79 Å². The second-order valence-corrected chi connectivity index (χ2v) is 4.90. The lowest BCUT2D eigenvalue weighted by molar-refractivity contribution is -0.117. The number of nitrogens with two attached hydrogens (primary N) is 1. The van der Waals surface area contributed by atoms with E-state index < -0.39 is 6.04 Å². The first kappa shape index (κ1) is 12.7. The molecule has 0 radical (unpaired) electrons. The van der Waals surface area contributed by atoms with Crippen molar-refractivity contribution in [3.8, 4) is 0 Å². The lowest BCUT2D eigenvalue weighted by Gasteiger charge is -2.11. The predicted molar refractivity (Wildman–Crippen MR) is 68.7 cm³/mol. The van der Waals surface area contributed by atoms with E-state index in [1.54, 1.807) is 0 Å². The third-order valence-corrected chi connectivity index (χ3v) is 3.11. The third-order valence-electron chi connectivity index (χ3n) is 1.97. The Hall–Kier alpha value is -0.390. The van der Waals surface area contributed by atoms with Gasteiger partial charge >= 0.3 is 0 Å². The highest BCUT2D eigenvalue weighted by atomic mass is 79.9. The van der Waals surface area contributed by atoms with Crippen LogP contribution in [0.1, 0.15) is 13.3 Å². The van der Waals surface area contributed by atoms with Crippen LogP contribution >= 0.6 is 31.9 Å². The molecular weight excluding hydrogens is 324 g/mol. The summed E-state index contributed by atoms with van der Waals surface area (Å²) >= 11 is 6.70. The van der Waals surface area contributed by atoms with Gasteiger partial charge < -0.3 is 11.1 Å². The highest BCUT2D eigenvalue weighted by Gasteiger charge is 2.12. The Morgan fingerprint density at radius 2 is 2.20 bits per heavy atom. The Kier molecular flexibility index (Phi) is 4.76. The van der Waals surface area contributed by atoms with Gasteiger partial charge in [-0.3, -0.25) is 4.79 Å². The van der Waals surface area contributed by atoms with Crippen LogP contribution in [0, 0.1) is 0 Å². The fraction of sp³-hybridized carbons (Fsp3) is 0.300. The molecule has 0 aromatic heterocycles. The van der Waals surface area contributed by atoms with Crippen molar-refractivity contribution >= 4 is 43.5 Å². The molecule has 0 aliphatic carbocycles. The maximum atomic E-state index is 11.5. The molecule has 82 valence electrons. The maximum Gasteiger partial charge on any atom is 0.241 e. The number of benzene rings is 1. The highest BCUT2D eigenvalue weighted by molar-refractivity contribution is 9.11. The van der Waals surface area contributed by atoms with E-state index in [2.05, 4.69) is 37.2 Å². The second kappa shape index (κ2) is 5.63. The van der Waals surface area contributed by atoms with Crippen molar-refractivity contribution in [1.82, 2.24) is 0 Å². The summed E-state index contributed by atoms with van der Waals surface area (Å²) < 4.78 is 1.78. The molecule has 3 nitrogen and oxygen atoms in total. The summed E-state index contributed by atoms with van der Waals surface area (Å²) in [6.45, 7) is 1.88. The number of rotatable bonds is 3. The number of hydrogen-bond donors (Lipinski definition) is 2. The summed E-state index contributed by atoms with van der Waals surface area (Å²) in [5, 5.41) is 2.76. The monoisotopic (exact) mass is 334 g/mol. The number of carbonyl (C=O) groups is 1. The van der Waals surface area contributed by atoms with Crippen molar-refractivity contribution in [2.45, 2.75) is 19.4 Å². The van der Waals surface area contributed by atoms with Gasteiger partial charge in [0.15, 0.2) is 0 Å². The lowest BCUT2D eigenvalue weighted by atomic mass is 10.2. The molecule has 0 aliphatic heterocycles. The van der Waals surface area contributed by atoms with Gasteiger partial charge in [-0.2, -0.15) is 0 Å². The number of anilines is 1. The zero-order valence-corrected chi connectivity index (χ0v) is 11.4. The van der Waals surface area contributed by atoms with Gasteiger partial charge in [-0.15, -0.1) is 0 Å². The van der Waals surface area contributed by atoms with Crippen LogP contribution in [0.25, 0.3) is 0 Å². The van der Waals surface area contributed by atoms with Crippen molar-refractivity contribution in [3.05, 3.63) is 27.1 Å². The Bertz CT molecular complexity index is 368. The molecule has 1 aromatic carbocycles. The first-order chi connectivity index (χ1) is 7.04. The normalized spacial score (nSPS) is 12.3. The van der Waals surface area contributed by atoms with Crippen molar-refractivity contribution in [2.24, 2.45) is 5.73 Å². The third kappa shape index (κ3) is 3.59. The van der Waals surface area contributed by atoms with E-state index in [9.17, 15) is 4.79 Å². The van der Waals surface area contributed by atoms with E-state index in [1.807, 2.05) is 25.1 Å². The van der Waals surface area contributed by atoms with Crippen LogP contribution in [0.5, 0.6) is 0 Å². The molecule has 1 atom stereocenters. The predicted octanol–water partition coefficient (Wildman–Crippen LogP) is 2.89. The summed E-state index contributed by atoms with van der Waals surface area (Å²) in [5.41, 5.74) is 6.34. The molecule has 0 saturated carbocycles. The number of carbonyl (C=O) groups excluding carboxylic acids is 1. The molecule has 1 aromatic rings. The van der Waals surface area contributed by atoms with Gasteiger partial charge in [-0.1, -0.05) is 22.9 Å². The SMILES string of the molecule is CC[C@H](N)C(=O)Nc1ccc(Br)cc1Br. The molecule has 1 amide bonds. The molecule has 0 unspecified atom stereocenters. The number of halogens is 2. The highest BCUT2D eigenvalue weighted by Crippen LogP contribution is 2.26. The smallest absolute Gasteiger partial charge is 0.241 e. The Morgan fingerprint density at radius 1 is 1.53 bits per heavy atom. The van der Waals surface area contributed by atoms with Crippen molar-refractivity contribution in [3.63, 3.8) is 0 Å². The minimum Gasteiger partial charge on any atom is -0.324 e. The molecule has 0 spiro atoms. The molecule has 3 N–H and O–H groups in total. The minimum atomic E-state index is -0.458. The topological polar surface area (TPSA) is 55.1 Å². The summed E-state index contributed by atoms with van der Waals surface area (Å²) in [7, 11) is 0. The van der Waals surface area contributed by atoms with Crippen LogP contribution in [0.2, 0.25) is 0 Å². The molecule has 0 saturated heterocycles. The van der Waals surface area contributed by atoms with Crippen molar-refractivity contribution in [2.75, 3.05) is 5.32 Å². The molecule has 0 aliphatic rings. The van der Waals surface area contributed by atoms with Gasteiger partial charge in [0.1, 0.15) is 0 Å².